The Labute approximate surface area is 104 Å². The molecule has 2 saturated carbocycles. The highest BCUT2D eigenvalue weighted by Gasteiger charge is 2.32. The summed E-state index contributed by atoms with van der Waals surface area (Å²) in [7, 11) is 0. The number of rotatable bonds is 3. The number of nitrogens with zero attached hydrogens (tertiary/aromatic N) is 2. The maximum Gasteiger partial charge on any atom is 0.165 e. The van der Waals surface area contributed by atoms with Gasteiger partial charge in [-0.1, -0.05) is 0 Å². The fourth-order valence-corrected chi connectivity index (χ4v) is 2.83. The monoisotopic (exact) mass is 246 g/mol. The van der Waals surface area contributed by atoms with Crippen molar-refractivity contribution in [2.45, 2.75) is 44.2 Å². The van der Waals surface area contributed by atoms with Crippen LogP contribution in [0.1, 0.15) is 49.0 Å². The van der Waals surface area contributed by atoms with Crippen LogP contribution in [-0.4, -0.2) is 14.7 Å². The Balaban J connectivity index is 2.04. The van der Waals surface area contributed by atoms with E-state index in [-0.39, 0.29) is 12.4 Å². The molecule has 2 aromatic rings. The summed E-state index contributed by atoms with van der Waals surface area (Å²) < 4.78 is 16.1. The quantitative estimate of drug-likeness (QED) is 0.904. The second-order valence-electron chi connectivity index (χ2n) is 5.42. The lowest BCUT2D eigenvalue weighted by Gasteiger charge is -2.08. The first-order valence-corrected chi connectivity index (χ1v) is 6.58. The molecule has 2 fully saturated rings. The van der Waals surface area contributed by atoms with Gasteiger partial charge in [0.1, 0.15) is 0 Å². The lowest BCUT2D eigenvalue weighted by Crippen LogP contribution is -2.02. The van der Waals surface area contributed by atoms with E-state index in [1.807, 2.05) is 10.6 Å². The van der Waals surface area contributed by atoms with Gasteiger partial charge in [0.25, 0.3) is 0 Å². The Bertz CT molecular complexity index is 626. The molecule has 0 atom stereocenters. The van der Waals surface area contributed by atoms with Crippen LogP contribution in [0.4, 0.5) is 4.39 Å². The van der Waals surface area contributed by atoms with E-state index in [4.69, 9.17) is 0 Å². The van der Waals surface area contributed by atoms with Gasteiger partial charge in [-0.25, -0.2) is 4.39 Å². The van der Waals surface area contributed by atoms with E-state index in [2.05, 4.69) is 4.98 Å². The lowest BCUT2D eigenvalue weighted by molar-refractivity contribution is 0.271. The Morgan fingerprint density at radius 3 is 2.72 bits per heavy atom. The number of fused-ring (bicyclic) bond motifs is 1. The van der Waals surface area contributed by atoms with Crippen molar-refractivity contribution >= 4 is 10.9 Å². The Morgan fingerprint density at radius 1 is 1.33 bits per heavy atom. The first-order valence-electron chi connectivity index (χ1n) is 6.58. The SMILES string of the molecule is OCc1cc2c(C3CC3)ncc(F)c2n1C1CC1. The van der Waals surface area contributed by atoms with E-state index in [1.54, 1.807) is 0 Å². The smallest absolute Gasteiger partial charge is 0.165 e. The van der Waals surface area contributed by atoms with E-state index in [0.717, 1.165) is 42.5 Å². The minimum absolute atomic E-state index is 0.0330. The van der Waals surface area contributed by atoms with Gasteiger partial charge in [-0.3, -0.25) is 4.98 Å². The van der Waals surface area contributed by atoms with Crippen LogP contribution < -0.4 is 0 Å². The van der Waals surface area contributed by atoms with Crippen LogP contribution >= 0.6 is 0 Å². The predicted molar refractivity (Wildman–Crippen MR) is 65.9 cm³/mol. The highest BCUT2D eigenvalue weighted by Crippen LogP contribution is 2.45. The Morgan fingerprint density at radius 2 is 2.11 bits per heavy atom. The van der Waals surface area contributed by atoms with E-state index < -0.39 is 0 Å². The summed E-state index contributed by atoms with van der Waals surface area (Å²) in [5.41, 5.74) is 2.49. The fraction of sp³-hybridized carbons (Fsp3) is 0.500. The first kappa shape index (κ1) is 10.5. The van der Waals surface area contributed by atoms with Gasteiger partial charge in [0.15, 0.2) is 5.82 Å². The molecule has 2 heterocycles. The van der Waals surface area contributed by atoms with Gasteiger partial charge in [-0.2, -0.15) is 0 Å². The molecular weight excluding hydrogens is 231 g/mol. The van der Waals surface area contributed by atoms with E-state index in [1.165, 1.54) is 6.20 Å². The minimum atomic E-state index is -0.263. The lowest BCUT2D eigenvalue weighted by atomic mass is 10.1. The summed E-state index contributed by atoms with van der Waals surface area (Å²) >= 11 is 0. The summed E-state index contributed by atoms with van der Waals surface area (Å²) in [4.78, 5) is 4.27. The van der Waals surface area contributed by atoms with Crippen molar-refractivity contribution in [3.05, 3.63) is 29.5 Å². The second kappa shape index (κ2) is 3.54. The molecule has 2 aromatic heterocycles. The van der Waals surface area contributed by atoms with Crippen molar-refractivity contribution in [2.75, 3.05) is 0 Å². The van der Waals surface area contributed by atoms with Gasteiger partial charge in [0, 0.05) is 23.0 Å². The standard InChI is InChI=1S/C14H15FN2O/c15-12-6-16-13(8-1-2-8)11-5-10(7-18)17(14(11)12)9-3-4-9/h5-6,8-9,18H,1-4,7H2. The van der Waals surface area contributed by atoms with E-state index in [9.17, 15) is 9.50 Å². The van der Waals surface area contributed by atoms with Crippen molar-refractivity contribution in [1.82, 2.24) is 9.55 Å². The molecule has 4 heteroatoms. The number of aliphatic hydroxyl groups excluding tert-OH is 1. The summed E-state index contributed by atoms with van der Waals surface area (Å²) in [5, 5.41) is 10.4. The van der Waals surface area contributed by atoms with Crippen molar-refractivity contribution in [2.24, 2.45) is 0 Å². The summed E-state index contributed by atoms with van der Waals surface area (Å²) in [6, 6.07) is 2.30. The average Bonchev–Trinajstić information content (AvgIpc) is 3.26. The summed E-state index contributed by atoms with van der Waals surface area (Å²) in [6.07, 6.45) is 5.80. The molecule has 1 N–H and O–H groups in total. The Hall–Kier alpha value is -1.42. The van der Waals surface area contributed by atoms with Crippen molar-refractivity contribution in [3.63, 3.8) is 0 Å². The molecule has 0 bridgehead atoms. The second-order valence-corrected chi connectivity index (χ2v) is 5.42. The molecule has 0 unspecified atom stereocenters. The normalized spacial score (nSPS) is 19.7. The zero-order chi connectivity index (χ0) is 12.3. The molecule has 3 nitrogen and oxygen atoms in total. The Kier molecular flexibility index (Phi) is 2.07. The predicted octanol–water partition coefficient (Wildman–Crippen LogP) is 2.88. The van der Waals surface area contributed by atoms with Gasteiger partial charge >= 0.3 is 0 Å². The van der Waals surface area contributed by atoms with Gasteiger partial charge in [-0.05, 0) is 31.7 Å². The molecule has 0 spiro atoms. The van der Waals surface area contributed by atoms with Crippen LogP contribution in [0, 0.1) is 5.82 Å². The molecule has 0 radical (unpaired) electrons. The zero-order valence-electron chi connectivity index (χ0n) is 10.1. The number of aromatic nitrogens is 2. The molecule has 94 valence electrons. The highest BCUT2D eigenvalue weighted by molar-refractivity contribution is 5.85. The van der Waals surface area contributed by atoms with Crippen molar-refractivity contribution in [1.29, 1.82) is 0 Å². The van der Waals surface area contributed by atoms with Crippen LogP contribution in [0.15, 0.2) is 12.3 Å². The van der Waals surface area contributed by atoms with Crippen LogP contribution in [0.25, 0.3) is 10.9 Å². The summed E-state index contributed by atoms with van der Waals surface area (Å²) in [5.74, 6) is 0.232. The maximum atomic E-state index is 14.1. The van der Waals surface area contributed by atoms with Crippen LogP contribution in [0.3, 0.4) is 0 Å². The molecular formula is C14H15FN2O. The maximum absolute atomic E-state index is 14.1. The van der Waals surface area contributed by atoms with Gasteiger partial charge in [0.2, 0.25) is 0 Å². The average molecular weight is 246 g/mol. The van der Waals surface area contributed by atoms with Gasteiger partial charge in [-0.15, -0.1) is 0 Å². The molecule has 0 saturated heterocycles. The third kappa shape index (κ3) is 1.42. The van der Waals surface area contributed by atoms with Crippen LogP contribution in [-0.2, 0) is 6.61 Å². The number of pyridine rings is 1. The number of halogens is 1. The van der Waals surface area contributed by atoms with E-state index in [0.29, 0.717) is 17.5 Å². The zero-order valence-corrected chi connectivity index (χ0v) is 10.1. The molecule has 0 aromatic carbocycles. The third-order valence-corrected chi connectivity index (χ3v) is 3.97. The fourth-order valence-electron chi connectivity index (χ4n) is 2.83. The molecule has 0 aliphatic heterocycles. The molecule has 4 rings (SSSR count). The van der Waals surface area contributed by atoms with Gasteiger partial charge in [0.05, 0.1) is 24.0 Å². The van der Waals surface area contributed by atoms with Crippen LogP contribution in [0.5, 0.6) is 0 Å². The van der Waals surface area contributed by atoms with Crippen molar-refractivity contribution < 1.29 is 9.50 Å². The highest BCUT2D eigenvalue weighted by atomic mass is 19.1. The van der Waals surface area contributed by atoms with Crippen LogP contribution in [0.2, 0.25) is 0 Å². The number of hydrogen-bond donors (Lipinski definition) is 1. The molecule has 2 aliphatic rings. The van der Waals surface area contributed by atoms with Crippen molar-refractivity contribution in [3.8, 4) is 0 Å². The van der Waals surface area contributed by atoms with Gasteiger partial charge < -0.3 is 9.67 Å². The molecule has 18 heavy (non-hydrogen) atoms. The third-order valence-electron chi connectivity index (χ3n) is 3.97. The number of hydrogen-bond acceptors (Lipinski definition) is 2. The van der Waals surface area contributed by atoms with E-state index >= 15 is 0 Å². The topological polar surface area (TPSA) is 38.1 Å². The minimum Gasteiger partial charge on any atom is -0.390 e. The largest absolute Gasteiger partial charge is 0.390 e. The molecule has 0 amide bonds. The number of aliphatic hydroxyl groups is 1. The first-order chi connectivity index (χ1) is 8.79. The molecule has 2 aliphatic carbocycles. The summed E-state index contributed by atoms with van der Waals surface area (Å²) in [6.45, 7) is -0.0330.